The maximum atomic E-state index is 12.5. The smallest absolute Gasteiger partial charge is 0.321 e. The van der Waals surface area contributed by atoms with Crippen molar-refractivity contribution in [2.75, 3.05) is 18.4 Å². The van der Waals surface area contributed by atoms with Gasteiger partial charge in [-0.15, -0.1) is 0 Å². The van der Waals surface area contributed by atoms with Gasteiger partial charge in [-0.2, -0.15) is 0 Å². The Morgan fingerprint density at radius 3 is 2.32 bits per heavy atom. The minimum Gasteiger partial charge on any atom is -0.322 e. The first-order valence-corrected chi connectivity index (χ1v) is 9.82. The first kappa shape index (κ1) is 17.8. The van der Waals surface area contributed by atoms with Crippen LogP contribution in [0, 0.1) is 13.8 Å². The number of aryl methyl sites for hydroxylation is 2. The van der Waals surface area contributed by atoms with Crippen molar-refractivity contribution in [2.45, 2.75) is 24.0 Å². The largest absolute Gasteiger partial charge is 0.322 e. The van der Waals surface area contributed by atoms with Crippen LogP contribution in [-0.4, -0.2) is 37.7 Å². The molecule has 1 saturated heterocycles. The molecule has 2 aromatic carbocycles. The van der Waals surface area contributed by atoms with Gasteiger partial charge in [-0.25, -0.2) is 13.2 Å². The van der Waals surface area contributed by atoms with Crippen molar-refractivity contribution in [2.24, 2.45) is 0 Å². The quantitative estimate of drug-likeness (QED) is 0.886. The van der Waals surface area contributed by atoms with Gasteiger partial charge >= 0.3 is 6.03 Å². The van der Waals surface area contributed by atoms with E-state index in [1.54, 1.807) is 12.1 Å². The second-order valence-corrected chi connectivity index (χ2v) is 8.92. The van der Waals surface area contributed by atoms with Crippen LogP contribution < -0.4 is 5.32 Å². The van der Waals surface area contributed by atoms with Crippen LogP contribution in [-0.2, 0) is 9.84 Å². The molecule has 0 spiro atoms. The first-order chi connectivity index (χ1) is 11.8. The van der Waals surface area contributed by atoms with Crippen LogP contribution in [0.2, 0.25) is 5.02 Å². The van der Waals surface area contributed by atoms with Crippen molar-refractivity contribution >= 4 is 33.2 Å². The second kappa shape index (κ2) is 6.69. The Bertz CT molecular complexity index is 904. The van der Waals surface area contributed by atoms with Crippen LogP contribution in [0.4, 0.5) is 10.5 Å². The summed E-state index contributed by atoms with van der Waals surface area (Å²) in [5.41, 5.74) is 2.94. The molecular formula is C18H19ClN2O3S. The molecule has 0 unspecified atom stereocenters. The number of urea groups is 1. The summed E-state index contributed by atoms with van der Waals surface area (Å²) in [6, 6.07) is 11.5. The van der Waals surface area contributed by atoms with Crippen molar-refractivity contribution in [3.63, 3.8) is 0 Å². The van der Waals surface area contributed by atoms with Crippen LogP contribution in [0.5, 0.6) is 0 Å². The summed E-state index contributed by atoms with van der Waals surface area (Å²) in [6.07, 6.45) is 0. The third kappa shape index (κ3) is 3.65. The fourth-order valence-corrected chi connectivity index (χ4v) is 4.42. The number of sulfone groups is 1. The third-order valence-corrected chi connectivity index (χ3v) is 6.83. The van der Waals surface area contributed by atoms with Crippen LogP contribution in [0.1, 0.15) is 11.1 Å². The molecule has 0 radical (unpaired) electrons. The molecule has 0 bridgehead atoms. The predicted molar refractivity (Wildman–Crippen MR) is 98.9 cm³/mol. The Balaban J connectivity index is 1.62. The van der Waals surface area contributed by atoms with E-state index in [0.717, 1.165) is 11.1 Å². The van der Waals surface area contributed by atoms with Crippen molar-refractivity contribution in [3.8, 4) is 0 Å². The normalized spacial score (nSPS) is 14.9. The summed E-state index contributed by atoms with van der Waals surface area (Å²) in [5.74, 6) is 0. The zero-order valence-corrected chi connectivity index (χ0v) is 15.6. The van der Waals surface area contributed by atoms with Crippen LogP contribution in [0.25, 0.3) is 0 Å². The standard InChI is InChI=1S/C18H19ClN2O3S/c1-12-3-6-15(9-13(12)2)20-18(22)21-10-17(11-21)25(23,24)16-7-4-14(19)5-8-16/h3-9,17H,10-11H2,1-2H3,(H,20,22). The number of nitrogens with one attached hydrogen (secondary N) is 1. The minimum absolute atomic E-state index is 0.182. The van der Waals surface area contributed by atoms with Crippen molar-refractivity contribution < 1.29 is 13.2 Å². The molecule has 132 valence electrons. The number of hydrogen-bond acceptors (Lipinski definition) is 3. The molecule has 1 heterocycles. The SMILES string of the molecule is Cc1ccc(NC(=O)N2CC(S(=O)(=O)c3ccc(Cl)cc3)C2)cc1C. The fraction of sp³-hybridized carbons (Fsp3) is 0.278. The van der Waals surface area contributed by atoms with Gasteiger partial charge in [-0.3, -0.25) is 0 Å². The average molecular weight is 379 g/mol. The van der Waals surface area contributed by atoms with E-state index in [9.17, 15) is 13.2 Å². The van der Waals surface area contributed by atoms with Crippen molar-refractivity contribution in [1.82, 2.24) is 4.90 Å². The molecule has 2 aromatic rings. The molecule has 0 aliphatic carbocycles. The van der Waals surface area contributed by atoms with Gasteiger partial charge in [0.05, 0.1) is 4.90 Å². The Morgan fingerprint density at radius 2 is 1.72 bits per heavy atom. The molecule has 1 aliphatic heterocycles. The number of benzene rings is 2. The summed E-state index contributed by atoms with van der Waals surface area (Å²) in [6.45, 7) is 4.34. The molecule has 0 atom stereocenters. The average Bonchev–Trinajstić information content (AvgIpc) is 2.49. The first-order valence-electron chi connectivity index (χ1n) is 7.90. The zero-order valence-electron chi connectivity index (χ0n) is 14.0. The summed E-state index contributed by atoms with van der Waals surface area (Å²) in [7, 11) is -3.45. The number of carbonyl (C=O) groups excluding carboxylic acids is 1. The predicted octanol–water partition coefficient (Wildman–Crippen LogP) is 3.65. The molecule has 7 heteroatoms. The number of halogens is 1. The molecular weight excluding hydrogens is 360 g/mol. The highest BCUT2D eigenvalue weighted by molar-refractivity contribution is 7.92. The molecule has 1 N–H and O–H groups in total. The highest BCUT2D eigenvalue weighted by Crippen LogP contribution is 2.25. The van der Waals surface area contributed by atoms with E-state index in [1.807, 2.05) is 32.0 Å². The lowest BCUT2D eigenvalue weighted by molar-refractivity contribution is 0.182. The van der Waals surface area contributed by atoms with Crippen LogP contribution in [0.3, 0.4) is 0 Å². The third-order valence-electron chi connectivity index (χ3n) is 4.47. The Morgan fingerprint density at radius 1 is 1.08 bits per heavy atom. The molecule has 3 rings (SSSR count). The van der Waals surface area contributed by atoms with Gasteiger partial charge in [0, 0.05) is 23.8 Å². The van der Waals surface area contributed by atoms with E-state index in [2.05, 4.69) is 5.32 Å². The Kier molecular flexibility index (Phi) is 4.75. The maximum absolute atomic E-state index is 12.5. The molecule has 25 heavy (non-hydrogen) atoms. The highest BCUT2D eigenvalue weighted by atomic mass is 35.5. The topological polar surface area (TPSA) is 66.5 Å². The van der Waals surface area contributed by atoms with E-state index in [4.69, 9.17) is 11.6 Å². The van der Waals surface area contributed by atoms with Gasteiger partial charge in [-0.05, 0) is 61.4 Å². The molecule has 0 saturated carbocycles. The summed E-state index contributed by atoms with van der Waals surface area (Å²) in [5, 5.41) is 2.71. The monoisotopic (exact) mass is 378 g/mol. The van der Waals surface area contributed by atoms with E-state index in [1.165, 1.54) is 17.0 Å². The summed E-state index contributed by atoms with van der Waals surface area (Å²) >= 11 is 5.80. The Labute approximate surface area is 152 Å². The molecule has 5 nitrogen and oxygen atoms in total. The molecule has 0 aromatic heterocycles. The van der Waals surface area contributed by atoms with Gasteiger partial charge in [-0.1, -0.05) is 17.7 Å². The molecule has 1 fully saturated rings. The Hall–Kier alpha value is -2.05. The number of carbonyl (C=O) groups is 1. The van der Waals surface area contributed by atoms with E-state index < -0.39 is 15.1 Å². The maximum Gasteiger partial charge on any atom is 0.321 e. The highest BCUT2D eigenvalue weighted by Gasteiger charge is 2.40. The van der Waals surface area contributed by atoms with Crippen molar-refractivity contribution in [1.29, 1.82) is 0 Å². The number of hydrogen-bond donors (Lipinski definition) is 1. The fourth-order valence-electron chi connectivity index (χ4n) is 2.64. The minimum atomic E-state index is -3.45. The number of anilines is 1. The number of rotatable bonds is 3. The van der Waals surface area contributed by atoms with E-state index in [0.29, 0.717) is 10.7 Å². The summed E-state index contributed by atoms with van der Waals surface area (Å²) in [4.78, 5) is 14.0. The lowest BCUT2D eigenvalue weighted by Crippen LogP contribution is -2.58. The van der Waals surface area contributed by atoms with Gasteiger partial charge in [0.15, 0.2) is 9.84 Å². The van der Waals surface area contributed by atoms with Gasteiger partial charge in [0.1, 0.15) is 5.25 Å². The lowest BCUT2D eigenvalue weighted by Gasteiger charge is -2.38. The van der Waals surface area contributed by atoms with Crippen molar-refractivity contribution in [3.05, 3.63) is 58.6 Å². The van der Waals surface area contributed by atoms with Gasteiger partial charge in [0.2, 0.25) is 0 Å². The van der Waals surface area contributed by atoms with E-state index >= 15 is 0 Å². The van der Waals surface area contributed by atoms with Crippen LogP contribution >= 0.6 is 11.6 Å². The number of amides is 2. The summed E-state index contributed by atoms with van der Waals surface area (Å²) < 4.78 is 25.1. The van der Waals surface area contributed by atoms with Crippen LogP contribution in [0.15, 0.2) is 47.4 Å². The number of nitrogens with zero attached hydrogens (tertiary/aromatic N) is 1. The molecule has 2 amide bonds. The zero-order chi connectivity index (χ0) is 18.2. The number of likely N-dealkylation sites (tertiary alicyclic amines) is 1. The van der Waals surface area contributed by atoms with Gasteiger partial charge in [0.25, 0.3) is 0 Å². The van der Waals surface area contributed by atoms with Gasteiger partial charge < -0.3 is 10.2 Å². The second-order valence-electron chi connectivity index (χ2n) is 6.26. The molecule has 1 aliphatic rings. The van der Waals surface area contributed by atoms with E-state index in [-0.39, 0.29) is 24.0 Å². The lowest BCUT2D eigenvalue weighted by atomic mass is 10.1.